The van der Waals surface area contributed by atoms with Crippen LogP contribution in [0.15, 0.2) is 41.2 Å². The maximum Gasteiger partial charge on any atom is 0.262 e. The van der Waals surface area contributed by atoms with Crippen molar-refractivity contribution in [1.29, 1.82) is 0 Å². The van der Waals surface area contributed by atoms with Crippen molar-refractivity contribution in [2.75, 3.05) is 6.54 Å². The number of carbonyl (C=O) groups is 3. The van der Waals surface area contributed by atoms with E-state index in [1.807, 2.05) is 12.1 Å². The molecule has 3 aromatic rings. The molecular formula is C26H26ClN5O4S. The van der Waals surface area contributed by atoms with Gasteiger partial charge in [-0.05, 0) is 56.9 Å². The van der Waals surface area contributed by atoms with Crippen molar-refractivity contribution in [1.82, 2.24) is 25.3 Å². The van der Waals surface area contributed by atoms with Crippen LogP contribution in [0.3, 0.4) is 0 Å². The minimum Gasteiger partial charge on any atom is -0.360 e. The Labute approximate surface area is 222 Å². The number of hydrogen-bond acceptors (Lipinski definition) is 7. The van der Waals surface area contributed by atoms with E-state index in [0.717, 1.165) is 40.3 Å². The Morgan fingerprint density at radius 1 is 1.16 bits per heavy atom. The fourth-order valence-electron chi connectivity index (χ4n) is 5.47. The lowest BCUT2D eigenvalue weighted by molar-refractivity contribution is -0.148. The molecule has 1 N–H and O–H groups in total. The second kappa shape index (κ2) is 8.95. The van der Waals surface area contributed by atoms with Crippen LogP contribution in [0.25, 0.3) is 11.3 Å². The standard InChI is InChI=1S/C26H26ClN5O4S/c1-26(2,29-23(33)20-3-4-21(27)37-20)25(35)32-17-11-15(17)12-18(32)24(34)31-10-7-19-16(13-31)22(30-36-19)14-5-8-28-9-6-14/h3-6,8-9,15,17-18H,7,10-13H2,1-2H3,(H,29,33)/t15-,17-,18+/m0/s1. The van der Waals surface area contributed by atoms with Gasteiger partial charge in [-0.2, -0.15) is 0 Å². The van der Waals surface area contributed by atoms with Crippen LogP contribution in [0.5, 0.6) is 0 Å². The van der Waals surface area contributed by atoms with Crippen LogP contribution in [0.4, 0.5) is 0 Å². The molecule has 0 aromatic carbocycles. The minimum atomic E-state index is -1.18. The van der Waals surface area contributed by atoms with Crippen LogP contribution < -0.4 is 5.32 Å². The molecule has 2 fully saturated rings. The molecule has 1 saturated heterocycles. The molecule has 1 aliphatic carbocycles. The molecule has 3 aliphatic rings. The number of nitrogens with zero attached hydrogens (tertiary/aromatic N) is 4. The Morgan fingerprint density at radius 2 is 1.95 bits per heavy atom. The fraction of sp³-hybridized carbons (Fsp3) is 0.423. The van der Waals surface area contributed by atoms with E-state index in [1.54, 1.807) is 48.2 Å². The normalized spacial score (nSPS) is 22.4. The summed E-state index contributed by atoms with van der Waals surface area (Å²) in [5.41, 5.74) is 1.32. The van der Waals surface area contributed by atoms with Gasteiger partial charge in [0.15, 0.2) is 0 Å². The summed E-state index contributed by atoms with van der Waals surface area (Å²) in [5.74, 6) is 0.441. The topological polar surface area (TPSA) is 109 Å². The van der Waals surface area contributed by atoms with Gasteiger partial charge in [0.2, 0.25) is 11.8 Å². The Balaban J connectivity index is 1.20. The quantitative estimate of drug-likeness (QED) is 0.531. The van der Waals surface area contributed by atoms with Gasteiger partial charge in [0.25, 0.3) is 5.91 Å². The SMILES string of the molecule is CC(C)(NC(=O)c1ccc(Cl)s1)C(=O)N1[C@@H](C(=O)N2CCc3onc(-c4ccncc4)c3C2)C[C@@H]2C[C@@H]21. The van der Waals surface area contributed by atoms with Crippen LogP contribution in [0, 0.1) is 5.92 Å². The Kier molecular flexibility index (Phi) is 5.83. The van der Waals surface area contributed by atoms with E-state index in [1.165, 1.54) is 0 Å². The summed E-state index contributed by atoms with van der Waals surface area (Å²) >= 11 is 7.13. The summed E-state index contributed by atoms with van der Waals surface area (Å²) in [5, 5.41) is 7.10. The predicted molar refractivity (Wildman–Crippen MR) is 137 cm³/mol. The van der Waals surface area contributed by atoms with Crippen molar-refractivity contribution in [3.63, 3.8) is 0 Å². The van der Waals surface area contributed by atoms with Gasteiger partial charge >= 0.3 is 0 Å². The highest BCUT2D eigenvalue weighted by Gasteiger charge is 2.58. The van der Waals surface area contributed by atoms with Gasteiger partial charge in [-0.3, -0.25) is 19.4 Å². The van der Waals surface area contributed by atoms with Gasteiger partial charge < -0.3 is 19.6 Å². The molecule has 3 amide bonds. The second-order valence-electron chi connectivity index (χ2n) is 10.4. The molecule has 11 heteroatoms. The van der Waals surface area contributed by atoms with Gasteiger partial charge in [-0.15, -0.1) is 11.3 Å². The maximum atomic E-state index is 13.8. The highest BCUT2D eigenvalue weighted by Crippen LogP contribution is 2.49. The second-order valence-corrected chi connectivity index (χ2v) is 12.1. The number of halogens is 1. The van der Waals surface area contributed by atoms with Crippen LogP contribution >= 0.6 is 22.9 Å². The molecule has 3 aromatic heterocycles. The zero-order chi connectivity index (χ0) is 25.9. The summed E-state index contributed by atoms with van der Waals surface area (Å²) in [6.07, 6.45) is 5.50. The smallest absolute Gasteiger partial charge is 0.262 e. The third-order valence-electron chi connectivity index (χ3n) is 7.47. The molecule has 9 nitrogen and oxygen atoms in total. The van der Waals surface area contributed by atoms with Crippen molar-refractivity contribution in [3.8, 4) is 11.3 Å². The van der Waals surface area contributed by atoms with E-state index in [2.05, 4.69) is 15.5 Å². The van der Waals surface area contributed by atoms with Gasteiger partial charge in [0.1, 0.15) is 23.0 Å². The molecule has 1 saturated carbocycles. The monoisotopic (exact) mass is 539 g/mol. The number of carbonyl (C=O) groups excluding carboxylic acids is 3. The highest BCUT2D eigenvalue weighted by molar-refractivity contribution is 7.18. The number of hydrogen-bond donors (Lipinski definition) is 1. The van der Waals surface area contributed by atoms with Crippen LogP contribution in [-0.2, 0) is 22.6 Å². The Hall–Kier alpha value is -3.24. The van der Waals surface area contributed by atoms with Crippen molar-refractivity contribution >= 4 is 40.7 Å². The number of amides is 3. The summed E-state index contributed by atoms with van der Waals surface area (Å²) in [4.78, 5) is 48.4. The lowest BCUT2D eigenvalue weighted by Crippen LogP contribution is -2.60. The Morgan fingerprint density at radius 3 is 2.68 bits per heavy atom. The lowest BCUT2D eigenvalue weighted by atomic mass is 9.99. The maximum absolute atomic E-state index is 13.8. The van der Waals surface area contributed by atoms with Crippen molar-refractivity contribution < 1.29 is 18.9 Å². The number of thiophene rings is 1. The molecule has 0 radical (unpaired) electrons. The number of nitrogens with one attached hydrogen (secondary N) is 1. The first-order valence-electron chi connectivity index (χ1n) is 12.3. The zero-order valence-corrected chi connectivity index (χ0v) is 22.0. The zero-order valence-electron chi connectivity index (χ0n) is 20.4. The fourth-order valence-corrected chi connectivity index (χ4v) is 6.41. The first-order chi connectivity index (χ1) is 17.7. The molecule has 2 aliphatic heterocycles. The van der Waals surface area contributed by atoms with Crippen LogP contribution in [0.1, 0.15) is 47.7 Å². The van der Waals surface area contributed by atoms with E-state index >= 15 is 0 Å². The lowest BCUT2D eigenvalue weighted by Gasteiger charge is -2.37. The number of piperidine rings is 1. The molecule has 0 spiro atoms. The molecule has 192 valence electrons. The van der Waals surface area contributed by atoms with Crippen LogP contribution in [0.2, 0.25) is 4.34 Å². The molecule has 3 atom stereocenters. The van der Waals surface area contributed by atoms with Crippen molar-refractivity contribution in [3.05, 3.63) is 57.2 Å². The minimum absolute atomic E-state index is 0.0390. The number of rotatable bonds is 5. The first-order valence-corrected chi connectivity index (χ1v) is 13.5. The third kappa shape index (κ3) is 4.31. The summed E-state index contributed by atoms with van der Waals surface area (Å²) < 4.78 is 6.08. The van der Waals surface area contributed by atoms with Gasteiger partial charge in [-0.25, -0.2) is 0 Å². The number of fused-ring (bicyclic) bond motifs is 2. The number of likely N-dealkylation sites (tertiary alicyclic amines) is 1. The van der Waals surface area contributed by atoms with Crippen LogP contribution in [-0.4, -0.2) is 61.8 Å². The average Bonchev–Trinajstić information content (AvgIpc) is 3.22. The van der Waals surface area contributed by atoms with E-state index in [4.69, 9.17) is 16.1 Å². The molecular weight excluding hydrogens is 514 g/mol. The first kappa shape index (κ1) is 24.1. The molecule has 5 heterocycles. The molecule has 6 rings (SSSR count). The largest absolute Gasteiger partial charge is 0.360 e. The predicted octanol–water partition coefficient (Wildman–Crippen LogP) is 3.53. The van der Waals surface area contributed by atoms with Crippen molar-refractivity contribution in [2.24, 2.45) is 5.92 Å². The van der Waals surface area contributed by atoms with E-state index in [-0.39, 0.29) is 23.8 Å². The summed E-state index contributed by atoms with van der Waals surface area (Å²) in [6, 6.07) is 6.51. The third-order valence-corrected chi connectivity index (χ3v) is 8.70. The molecule has 0 bridgehead atoms. The summed E-state index contributed by atoms with van der Waals surface area (Å²) in [6.45, 7) is 4.25. The molecule has 0 unspecified atom stereocenters. The van der Waals surface area contributed by atoms with E-state index in [0.29, 0.717) is 41.1 Å². The van der Waals surface area contributed by atoms with Gasteiger partial charge in [0.05, 0.1) is 15.8 Å². The van der Waals surface area contributed by atoms with E-state index in [9.17, 15) is 14.4 Å². The number of aromatic nitrogens is 2. The molecule has 37 heavy (non-hydrogen) atoms. The number of pyridine rings is 1. The van der Waals surface area contributed by atoms with Gasteiger partial charge in [-0.1, -0.05) is 16.8 Å². The summed E-state index contributed by atoms with van der Waals surface area (Å²) in [7, 11) is 0. The van der Waals surface area contributed by atoms with Crippen molar-refractivity contribution in [2.45, 2.75) is 57.3 Å². The Bertz CT molecular complexity index is 1390. The average molecular weight is 540 g/mol. The van der Waals surface area contributed by atoms with Gasteiger partial charge in [0, 0.05) is 42.5 Å². The van der Waals surface area contributed by atoms with E-state index < -0.39 is 11.6 Å². The highest BCUT2D eigenvalue weighted by atomic mass is 35.5.